The van der Waals surface area contributed by atoms with Gasteiger partial charge in [0.15, 0.2) is 0 Å². The Morgan fingerprint density at radius 3 is 2.67 bits per heavy atom. The maximum Gasteiger partial charge on any atom is 0.330 e. The van der Waals surface area contributed by atoms with E-state index >= 15 is 0 Å². The molecule has 7 nitrogen and oxygen atoms in total. The molecule has 2 heterocycles. The van der Waals surface area contributed by atoms with Gasteiger partial charge < -0.3 is 9.88 Å². The fourth-order valence-corrected chi connectivity index (χ4v) is 2.88. The van der Waals surface area contributed by atoms with Crippen molar-refractivity contribution < 1.29 is 0 Å². The smallest absolute Gasteiger partial charge is 0.330 e. The van der Waals surface area contributed by atoms with Crippen LogP contribution in [0, 0.1) is 5.92 Å². The molecule has 0 amide bonds. The average Bonchev–Trinajstić information content (AvgIpc) is 2.85. The van der Waals surface area contributed by atoms with Crippen LogP contribution in [0.2, 0.25) is 0 Å². The summed E-state index contributed by atoms with van der Waals surface area (Å²) < 4.78 is 2.49. The van der Waals surface area contributed by atoms with Crippen LogP contribution >= 0.6 is 11.3 Å². The van der Waals surface area contributed by atoms with Gasteiger partial charge in [0.2, 0.25) is 5.13 Å². The van der Waals surface area contributed by atoms with E-state index in [9.17, 15) is 9.59 Å². The third-order valence-corrected chi connectivity index (χ3v) is 3.90. The molecule has 0 unspecified atom stereocenters. The average molecular weight is 309 g/mol. The number of hydrogen-bond donors (Lipinski definition) is 1. The van der Waals surface area contributed by atoms with Gasteiger partial charge in [-0.2, -0.15) is 0 Å². The third kappa shape index (κ3) is 3.57. The Balaban J connectivity index is 2.12. The largest absolute Gasteiger partial charge is 0.356 e. The second-order valence-corrected chi connectivity index (χ2v) is 6.43. The van der Waals surface area contributed by atoms with Crippen molar-refractivity contribution >= 4 is 16.5 Å². The normalized spacial score (nSPS) is 11.1. The summed E-state index contributed by atoms with van der Waals surface area (Å²) in [5.41, 5.74) is -0.114. The molecule has 0 radical (unpaired) electrons. The Kier molecular flexibility index (Phi) is 4.56. The van der Waals surface area contributed by atoms with E-state index in [-0.39, 0.29) is 11.2 Å². The predicted octanol–water partition coefficient (Wildman–Crippen LogP) is 0.746. The van der Waals surface area contributed by atoms with Crippen molar-refractivity contribution in [1.82, 2.24) is 19.3 Å². The first kappa shape index (κ1) is 15.4. The molecule has 1 N–H and O–H groups in total. The summed E-state index contributed by atoms with van der Waals surface area (Å²) >= 11 is 1.49. The Hall–Kier alpha value is -1.96. The Labute approximate surface area is 126 Å². The zero-order chi connectivity index (χ0) is 15.6. The van der Waals surface area contributed by atoms with Crippen LogP contribution in [0.1, 0.15) is 24.4 Å². The summed E-state index contributed by atoms with van der Waals surface area (Å²) in [4.78, 5) is 23.6. The molecular formula is C13H19N5O2S. The molecule has 2 aromatic heterocycles. The van der Waals surface area contributed by atoms with E-state index in [0.717, 1.165) is 16.0 Å². The zero-order valence-electron chi connectivity index (χ0n) is 12.6. The summed E-state index contributed by atoms with van der Waals surface area (Å²) in [7, 11) is 3.09. The highest BCUT2D eigenvalue weighted by atomic mass is 32.1. The second kappa shape index (κ2) is 6.21. The standard InChI is InChI=1S/C13H19N5O2S/c1-8(2)5-10-15-16-12(21-10)14-6-9-7-17(3)13(20)18(4)11(9)19/h7-8H,5-6H2,1-4H3,(H,14,16). The van der Waals surface area contributed by atoms with E-state index in [1.807, 2.05) is 0 Å². The van der Waals surface area contributed by atoms with E-state index in [1.165, 1.54) is 23.0 Å². The first-order chi connectivity index (χ1) is 9.88. The monoisotopic (exact) mass is 309 g/mol. The lowest BCUT2D eigenvalue weighted by Crippen LogP contribution is -2.38. The molecule has 0 spiro atoms. The van der Waals surface area contributed by atoms with Gasteiger partial charge in [0.25, 0.3) is 5.56 Å². The van der Waals surface area contributed by atoms with Crippen LogP contribution < -0.4 is 16.6 Å². The lowest BCUT2D eigenvalue weighted by atomic mass is 10.1. The topological polar surface area (TPSA) is 81.8 Å². The molecule has 0 aliphatic heterocycles. The summed E-state index contributed by atoms with van der Waals surface area (Å²) in [5, 5.41) is 12.9. The molecule has 21 heavy (non-hydrogen) atoms. The summed E-state index contributed by atoms with van der Waals surface area (Å²) in [5.74, 6) is 0.529. The molecule has 0 saturated carbocycles. The molecular weight excluding hydrogens is 290 g/mol. The fraction of sp³-hybridized carbons (Fsp3) is 0.538. The number of aryl methyl sites for hydroxylation is 1. The summed E-state index contributed by atoms with van der Waals surface area (Å²) in [6.07, 6.45) is 2.44. The van der Waals surface area contributed by atoms with Gasteiger partial charge in [0, 0.05) is 33.3 Å². The van der Waals surface area contributed by atoms with Crippen molar-refractivity contribution in [3.63, 3.8) is 0 Å². The number of anilines is 1. The SMILES string of the molecule is CC(C)Cc1nnc(NCc2cn(C)c(=O)n(C)c2=O)s1. The van der Waals surface area contributed by atoms with Crippen LogP contribution in [0.3, 0.4) is 0 Å². The molecule has 0 aromatic carbocycles. The van der Waals surface area contributed by atoms with Gasteiger partial charge in [-0.15, -0.1) is 10.2 Å². The van der Waals surface area contributed by atoms with Gasteiger partial charge in [0.1, 0.15) is 5.01 Å². The van der Waals surface area contributed by atoms with E-state index in [4.69, 9.17) is 0 Å². The highest BCUT2D eigenvalue weighted by Crippen LogP contribution is 2.18. The van der Waals surface area contributed by atoms with Gasteiger partial charge in [-0.05, 0) is 5.92 Å². The number of hydrogen-bond acceptors (Lipinski definition) is 6. The summed E-state index contributed by atoms with van der Waals surface area (Å²) in [6.45, 7) is 4.57. The molecule has 0 fully saturated rings. The molecule has 8 heteroatoms. The van der Waals surface area contributed by atoms with Crippen LogP contribution in [0.4, 0.5) is 5.13 Å². The minimum Gasteiger partial charge on any atom is -0.356 e. The maximum atomic E-state index is 12.0. The van der Waals surface area contributed by atoms with Crippen LogP contribution in [-0.2, 0) is 27.1 Å². The van der Waals surface area contributed by atoms with Gasteiger partial charge in [-0.3, -0.25) is 9.36 Å². The molecule has 2 rings (SSSR count). The van der Waals surface area contributed by atoms with Gasteiger partial charge in [-0.25, -0.2) is 4.79 Å². The Morgan fingerprint density at radius 1 is 1.29 bits per heavy atom. The highest BCUT2D eigenvalue weighted by Gasteiger charge is 2.09. The Bertz CT molecular complexity index is 744. The van der Waals surface area contributed by atoms with Crippen LogP contribution in [0.25, 0.3) is 0 Å². The lowest BCUT2D eigenvalue weighted by Gasteiger charge is -2.06. The third-order valence-electron chi connectivity index (χ3n) is 3.00. The van der Waals surface area contributed by atoms with Crippen LogP contribution in [0.15, 0.2) is 15.8 Å². The van der Waals surface area contributed by atoms with Crippen molar-refractivity contribution in [1.29, 1.82) is 0 Å². The first-order valence-electron chi connectivity index (χ1n) is 6.70. The number of nitrogens with one attached hydrogen (secondary N) is 1. The van der Waals surface area contributed by atoms with E-state index in [0.29, 0.717) is 23.2 Å². The van der Waals surface area contributed by atoms with Gasteiger partial charge >= 0.3 is 5.69 Å². The molecule has 0 aliphatic carbocycles. The number of rotatable bonds is 5. The zero-order valence-corrected chi connectivity index (χ0v) is 13.4. The van der Waals surface area contributed by atoms with Crippen molar-refractivity contribution in [3.8, 4) is 0 Å². The van der Waals surface area contributed by atoms with Gasteiger partial charge in [0.05, 0.1) is 5.56 Å². The van der Waals surface area contributed by atoms with Crippen molar-refractivity contribution in [2.45, 2.75) is 26.8 Å². The second-order valence-electron chi connectivity index (χ2n) is 5.36. The molecule has 2 aromatic rings. The summed E-state index contributed by atoms with van der Waals surface area (Å²) in [6, 6.07) is 0. The minimum absolute atomic E-state index is 0.294. The Morgan fingerprint density at radius 2 is 2.00 bits per heavy atom. The fourth-order valence-electron chi connectivity index (χ4n) is 1.93. The van der Waals surface area contributed by atoms with Crippen molar-refractivity contribution in [2.24, 2.45) is 20.0 Å². The molecule has 0 saturated heterocycles. The first-order valence-corrected chi connectivity index (χ1v) is 7.52. The highest BCUT2D eigenvalue weighted by molar-refractivity contribution is 7.15. The maximum absolute atomic E-state index is 12.0. The molecule has 114 valence electrons. The quantitative estimate of drug-likeness (QED) is 0.881. The number of nitrogens with zero attached hydrogens (tertiary/aromatic N) is 4. The molecule has 0 atom stereocenters. The van der Waals surface area contributed by atoms with Crippen LogP contribution in [-0.4, -0.2) is 19.3 Å². The van der Waals surface area contributed by atoms with Crippen LogP contribution in [0.5, 0.6) is 0 Å². The number of aromatic nitrogens is 4. The van der Waals surface area contributed by atoms with Crippen molar-refractivity contribution in [3.05, 3.63) is 37.6 Å². The van der Waals surface area contributed by atoms with E-state index in [2.05, 4.69) is 29.4 Å². The van der Waals surface area contributed by atoms with E-state index < -0.39 is 0 Å². The van der Waals surface area contributed by atoms with Gasteiger partial charge in [-0.1, -0.05) is 25.2 Å². The lowest BCUT2D eigenvalue weighted by molar-refractivity contribution is 0.640. The van der Waals surface area contributed by atoms with Crippen molar-refractivity contribution in [2.75, 3.05) is 5.32 Å². The minimum atomic E-state index is -0.334. The molecule has 0 bridgehead atoms. The predicted molar refractivity (Wildman–Crippen MR) is 82.7 cm³/mol. The molecule has 0 aliphatic rings. The van der Waals surface area contributed by atoms with E-state index in [1.54, 1.807) is 13.2 Å².